The van der Waals surface area contributed by atoms with E-state index in [-0.39, 0.29) is 0 Å². The molecule has 0 aliphatic heterocycles. The van der Waals surface area contributed by atoms with Gasteiger partial charge in [-0.15, -0.1) is 0 Å². The second kappa shape index (κ2) is 10.2. The van der Waals surface area contributed by atoms with Crippen molar-refractivity contribution in [3.8, 4) is 0 Å². The lowest BCUT2D eigenvalue weighted by atomic mass is 10.2. The van der Waals surface area contributed by atoms with Crippen molar-refractivity contribution in [3.63, 3.8) is 0 Å². The molecular weight excluding hydrogens is 270 g/mol. The Morgan fingerprint density at radius 2 is 1.55 bits per heavy atom. The molecule has 0 unspecified atom stereocenters. The molecule has 0 spiro atoms. The standard InChI is InChI=1S/C10H15N.C7H5ClO/c1-2-8-11-9-10-6-4-3-5-7-10;8-7(9)6-4-2-1-3-5-6/h3-7,11H,2,8-9H2,1H3;1-5H. The van der Waals surface area contributed by atoms with Gasteiger partial charge in [0.25, 0.3) is 5.24 Å². The predicted octanol–water partition coefficient (Wildman–Crippen LogP) is 4.25. The summed E-state index contributed by atoms with van der Waals surface area (Å²) in [6.45, 7) is 4.28. The van der Waals surface area contributed by atoms with Gasteiger partial charge in [-0.05, 0) is 30.1 Å². The van der Waals surface area contributed by atoms with Gasteiger partial charge in [-0.3, -0.25) is 4.79 Å². The van der Waals surface area contributed by atoms with Crippen LogP contribution in [0.2, 0.25) is 0 Å². The number of nitrogens with one attached hydrogen (secondary N) is 1. The van der Waals surface area contributed by atoms with Crippen LogP contribution in [0.3, 0.4) is 0 Å². The maximum absolute atomic E-state index is 10.4. The third kappa shape index (κ3) is 7.07. The quantitative estimate of drug-likeness (QED) is 0.658. The van der Waals surface area contributed by atoms with Crippen LogP contribution in [0.15, 0.2) is 60.7 Å². The van der Waals surface area contributed by atoms with E-state index in [1.165, 1.54) is 12.0 Å². The summed E-state index contributed by atoms with van der Waals surface area (Å²) in [5, 5.41) is 2.94. The van der Waals surface area contributed by atoms with Gasteiger partial charge in [0.2, 0.25) is 0 Å². The zero-order valence-electron chi connectivity index (χ0n) is 11.7. The molecule has 1 N–H and O–H groups in total. The lowest BCUT2D eigenvalue weighted by molar-refractivity contribution is 0.108. The molecule has 0 saturated heterocycles. The van der Waals surface area contributed by atoms with Crippen LogP contribution < -0.4 is 5.32 Å². The van der Waals surface area contributed by atoms with E-state index in [4.69, 9.17) is 11.6 Å². The van der Waals surface area contributed by atoms with Gasteiger partial charge in [-0.25, -0.2) is 0 Å². The highest BCUT2D eigenvalue weighted by molar-refractivity contribution is 6.67. The summed E-state index contributed by atoms with van der Waals surface area (Å²) < 4.78 is 0. The van der Waals surface area contributed by atoms with Gasteiger partial charge in [0.15, 0.2) is 0 Å². The second-order valence-electron chi connectivity index (χ2n) is 4.30. The summed E-state index contributed by atoms with van der Waals surface area (Å²) in [5.74, 6) is 0. The fourth-order valence-corrected chi connectivity index (χ4v) is 1.70. The number of benzene rings is 2. The third-order valence-corrected chi connectivity index (χ3v) is 2.82. The molecular formula is C17H20ClNO. The number of carbonyl (C=O) groups excluding carboxylic acids is 1. The molecule has 0 heterocycles. The van der Waals surface area contributed by atoms with Crippen LogP contribution in [-0.4, -0.2) is 11.8 Å². The van der Waals surface area contributed by atoms with Crippen LogP contribution >= 0.6 is 11.6 Å². The minimum Gasteiger partial charge on any atom is -0.313 e. The topological polar surface area (TPSA) is 29.1 Å². The first kappa shape index (κ1) is 16.4. The molecule has 106 valence electrons. The van der Waals surface area contributed by atoms with Gasteiger partial charge in [0.05, 0.1) is 0 Å². The molecule has 0 atom stereocenters. The van der Waals surface area contributed by atoms with Crippen LogP contribution in [0, 0.1) is 0 Å². The first-order valence-corrected chi connectivity index (χ1v) is 7.11. The van der Waals surface area contributed by atoms with E-state index in [0.717, 1.165) is 13.1 Å². The Labute approximate surface area is 125 Å². The van der Waals surface area contributed by atoms with Gasteiger partial charge in [-0.1, -0.05) is 67.6 Å². The number of carbonyl (C=O) groups is 1. The molecule has 20 heavy (non-hydrogen) atoms. The van der Waals surface area contributed by atoms with Gasteiger partial charge in [0.1, 0.15) is 0 Å². The first-order chi connectivity index (χ1) is 9.74. The van der Waals surface area contributed by atoms with Crippen LogP contribution in [0.25, 0.3) is 0 Å². The molecule has 0 aromatic heterocycles. The zero-order chi connectivity index (χ0) is 14.6. The van der Waals surface area contributed by atoms with E-state index in [2.05, 4.69) is 36.5 Å². The minimum atomic E-state index is -0.407. The lowest BCUT2D eigenvalue weighted by Gasteiger charge is -2.01. The molecule has 2 aromatic carbocycles. The Hall–Kier alpha value is -1.64. The highest BCUT2D eigenvalue weighted by Crippen LogP contribution is 2.01. The van der Waals surface area contributed by atoms with Crippen molar-refractivity contribution in [2.75, 3.05) is 6.54 Å². The van der Waals surface area contributed by atoms with Crippen molar-refractivity contribution in [1.29, 1.82) is 0 Å². The second-order valence-corrected chi connectivity index (χ2v) is 4.65. The molecule has 0 amide bonds. The maximum atomic E-state index is 10.4. The van der Waals surface area contributed by atoms with Crippen molar-refractivity contribution in [1.82, 2.24) is 5.32 Å². The van der Waals surface area contributed by atoms with E-state index < -0.39 is 5.24 Å². The summed E-state index contributed by atoms with van der Waals surface area (Å²) in [4.78, 5) is 10.4. The Morgan fingerprint density at radius 3 is 2.00 bits per heavy atom. The van der Waals surface area contributed by atoms with E-state index in [9.17, 15) is 4.79 Å². The Balaban J connectivity index is 0.000000204. The van der Waals surface area contributed by atoms with E-state index in [1.807, 2.05) is 12.1 Å². The maximum Gasteiger partial charge on any atom is 0.252 e. The largest absolute Gasteiger partial charge is 0.313 e. The van der Waals surface area contributed by atoms with Crippen LogP contribution in [0.5, 0.6) is 0 Å². The molecule has 0 fully saturated rings. The lowest BCUT2D eigenvalue weighted by Crippen LogP contribution is -2.13. The number of hydrogen-bond acceptors (Lipinski definition) is 2. The smallest absolute Gasteiger partial charge is 0.252 e. The Bertz CT molecular complexity index is 485. The highest BCUT2D eigenvalue weighted by atomic mass is 35.5. The molecule has 2 rings (SSSR count). The molecule has 0 aliphatic rings. The fourth-order valence-electron chi connectivity index (χ4n) is 1.57. The molecule has 0 bridgehead atoms. The van der Waals surface area contributed by atoms with Crippen molar-refractivity contribution >= 4 is 16.8 Å². The molecule has 2 aromatic rings. The van der Waals surface area contributed by atoms with E-state index in [0.29, 0.717) is 5.56 Å². The molecule has 0 aliphatic carbocycles. The molecule has 0 radical (unpaired) electrons. The fraction of sp³-hybridized carbons (Fsp3) is 0.235. The van der Waals surface area contributed by atoms with E-state index >= 15 is 0 Å². The van der Waals surface area contributed by atoms with Crippen molar-refractivity contribution < 1.29 is 4.79 Å². The van der Waals surface area contributed by atoms with Crippen molar-refractivity contribution in [2.45, 2.75) is 19.9 Å². The predicted molar refractivity (Wildman–Crippen MR) is 85.1 cm³/mol. The molecule has 0 saturated carbocycles. The van der Waals surface area contributed by atoms with Crippen molar-refractivity contribution in [2.24, 2.45) is 0 Å². The summed E-state index contributed by atoms with van der Waals surface area (Å²) >= 11 is 5.16. The van der Waals surface area contributed by atoms with Crippen molar-refractivity contribution in [3.05, 3.63) is 71.8 Å². The average Bonchev–Trinajstić information content (AvgIpc) is 2.50. The summed E-state index contributed by atoms with van der Waals surface area (Å²) in [7, 11) is 0. The highest BCUT2D eigenvalue weighted by Gasteiger charge is 1.95. The zero-order valence-corrected chi connectivity index (χ0v) is 12.4. The average molecular weight is 290 g/mol. The number of rotatable bonds is 5. The normalized spacial score (nSPS) is 9.50. The molecule has 2 nitrogen and oxygen atoms in total. The summed E-state index contributed by atoms with van der Waals surface area (Å²) in [6.07, 6.45) is 1.20. The Morgan fingerprint density at radius 1 is 1.00 bits per heavy atom. The van der Waals surface area contributed by atoms with Crippen LogP contribution in [0.1, 0.15) is 29.3 Å². The van der Waals surface area contributed by atoms with Gasteiger partial charge < -0.3 is 5.32 Å². The van der Waals surface area contributed by atoms with Gasteiger partial charge in [0, 0.05) is 12.1 Å². The van der Waals surface area contributed by atoms with Crippen LogP contribution in [-0.2, 0) is 6.54 Å². The SMILES string of the molecule is CCCNCc1ccccc1.O=C(Cl)c1ccccc1. The molecule has 3 heteroatoms. The monoisotopic (exact) mass is 289 g/mol. The minimum absolute atomic E-state index is 0.407. The summed E-state index contributed by atoms with van der Waals surface area (Å²) in [6, 6.07) is 19.2. The first-order valence-electron chi connectivity index (χ1n) is 6.73. The third-order valence-electron chi connectivity index (χ3n) is 2.60. The van der Waals surface area contributed by atoms with Gasteiger partial charge >= 0.3 is 0 Å². The van der Waals surface area contributed by atoms with Crippen LogP contribution in [0.4, 0.5) is 0 Å². The van der Waals surface area contributed by atoms with E-state index in [1.54, 1.807) is 24.3 Å². The summed E-state index contributed by atoms with van der Waals surface area (Å²) in [5.41, 5.74) is 1.90. The number of hydrogen-bond donors (Lipinski definition) is 1. The Kier molecular flexibility index (Phi) is 8.36. The number of halogens is 1. The van der Waals surface area contributed by atoms with Gasteiger partial charge in [-0.2, -0.15) is 0 Å².